The fraction of sp³-hybridized carbons (Fsp3) is 0.182. The van der Waals surface area contributed by atoms with Crippen molar-refractivity contribution in [3.05, 3.63) is 35.5 Å². The Kier molecular flexibility index (Phi) is 3.22. The lowest BCUT2D eigenvalue weighted by Crippen LogP contribution is -2.14. The Morgan fingerprint density at radius 2 is 2.12 bits per heavy atom. The first-order valence-corrected chi connectivity index (χ1v) is 7.10. The van der Waals surface area contributed by atoms with Gasteiger partial charge in [0.1, 0.15) is 0 Å². The first kappa shape index (κ1) is 12.1. The minimum atomic E-state index is -3.30. The van der Waals surface area contributed by atoms with E-state index >= 15 is 0 Å². The molecule has 2 rings (SSSR count). The van der Waals surface area contributed by atoms with Crippen molar-refractivity contribution in [2.24, 2.45) is 0 Å². The van der Waals surface area contributed by atoms with Gasteiger partial charge in [0.2, 0.25) is 10.0 Å². The van der Waals surface area contributed by atoms with E-state index in [-0.39, 0.29) is 5.75 Å². The second kappa shape index (κ2) is 4.50. The second-order valence-electron chi connectivity index (χ2n) is 3.50. The predicted molar refractivity (Wildman–Crippen MR) is 69.8 cm³/mol. The number of sulfonamides is 1. The summed E-state index contributed by atoms with van der Waals surface area (Å²) in [5, 5.41) is 1.19. The second-order valence-corrected chi connectivity index (χ2v) is 5.92. The summed E-state index contributed by atoms with van der Waals surface area (Å²) >= 11 is 5.99. The summed E-state index contributed by atoms with van der Waals surface area (Å²) in [4.78, 5) is 4.13. The van der Waals surface area contributed by atoms with Crippen LogP contribution >= 0.6 is 11.6 Å². The molecule has 0 atom stereocenters. The normalized spacial score (nSPS) is 11.6. The number of hydrogen-bond donors (Lipinski definition) is 1. The fourth-order valence-electron chi connectivity index (χ4n) is 1.47. The van der Waals surface area contributed by atoms with E-state index in [0.29, 0.717) is 21.6 Å². The standard InChI is InChI=1S/C11H11ClN2O2S/c1-2-17(15,16)14-10-6-5-9(12)11-8(10)4-3-7-13-11/h3-7,14H,2H2,1H3. The minimum Gasteiger partial charge on any atom is -0.283 e. The van der Waals surface area contributed by atoms with Crippen molar-refractivity contribution in [1.82, 2.24) is 4.98 Å². The van der Waals surface area contributed by atoms with Gasteiger partial charge >= 0.3 is 0 Å². The van der Waals surface area contributed by atoms with Gasteiger partial charge in [-0.1, -0.05) is 11.6 Å². The zero-order valence-electron chi connectivity index (χ0n) is 9.14. The summed E-state index contributed by atoms with van der Waals surface area (Å²) in [6.07, 6.45) is 1.62. The van der Waals surface area contributed by atoms with Gasteiger partial charge in [0.15, 0.2) is 0 Å². The molecule has 0 saturated carbocycles. The molecule has 0 aliphatic rings. The summed E-state index contributed by atoms with van der Waals surface area (Å²) in [7, 11) is -3.30. The lowest BCUT2D eigenvalue weighted by Gasteiger charge is -2.09. The molecule has 0 radical (unpaired) electrons. The van der Waals surface area contributed by atoms with Crippen LogP contribution in [0, 0.1) is 0 Å². The van der Waals surface area contributed by atoms with E-state index in [2.05, 4.69) is 9.71 Å². The fourth-order valence-corrected chi connectivity index (χ4v) is 2.34. The van der Waals surface area contributed by atoms with Crippen LogP contribution < -0.4 is 4.72 Å². The van der Waals surface area contributed by atoms with Crippen molar-refractivity contribution < 1.29 is 8.42 Å². The first-order chi connectivity index (χ1) is 8.03. The maximum Gasteiger partial charge on any atom is 0.232 e. The molecule has 90 valence electrons. The summed E-state index contributed by atoms with van der Waals surface area (Å²) < 4.78 is 25.6. The molecule has 0 saturated heterocycles. The van der Waals surface area contributed by atoms with Crippen LogP contribution in [0.15, 0.2) is 30.5 Å². The lowest BCUT2D eigenvalue weighted by molar-refractivity contribution is 0.602. The van der Waals surface area contributed by atoms with E-state index < -0.39 is 10.0 Å². The molecular formula is C11H11ClN2O2S. The molecule has 0 bridgehead atoms. The molecule has 0 aliphatic heterocycles. The van der Waals surface area contributed by atoms with Crippen LogP contribution in [-0.2, 0) is 10.0 Å². The molecule has 1 aromatic heterocycles. The van der Waals surface area contributed by atoms with Crippen molar-refractivity contribution in [3.63, 3.8) is 0 Å². The Bertz CT molecular complexity index is 656. The molecule has 0 fully saturated rings. The van der Waals surface area contributed by atoms with Crippen molar-refractivity contribution in [2.45, 2.75) is 6.92 Å². The van der Waals surface area contributed by atoms with Gasteiger partial charge in [0.25, 0.3) is 0 Å². The molecule has 6 heteroatoms. The highest BCUT2D eigenvalue weighted by atomic mass is 35.5. The van der Waals surface area contributed by atoms with Gasteiger partial charge in [-0.05, 0) is 31.2 Å². The summed E-state index contributed by atoms with van der Waals surface area (Å²) in [5.41, 5.74) is 1.09. The number of benzene rings is 1. The summed E-state index contributed by atoms with van der Waals surface area (Å²) in [5.74, 6) is 0.0252. The molecule has 2 aromatic rings. The van der Waals surface area contributed by atoms with Crippen LogP contribution in [0.5, 0.6) is 0 Å². The third-order valence-electron chi connectivity index (χ3n) is 2.37. The third kappa shape index (κ3) is 2.50. The number of fused-ring (bicyclic) bond motifs is 1. The van der Waals surface area contributed by atoms with E-state index in [4.69, 9.17) is 11.6 Å². The number of halogens is 1. The van der Waals surface area contributed by atoms with E-state index in [0.717, 1.165) is 0 Å². The van der Waals surface area contributed by atoms with Crippen LogP contribution in [0.3, 0.4) is 0 Å². The molecule has 0 spiro atoms. The average Bonchev–Trinajstić information content (AvgIpc) is 2.33. The molecule has 1 N–H and O–H groups in total. The number of nitrogens with one attached hydrogen (secondary N) is 1. The van der Waals surface area contributed by atoms with Crippen LogP contribution in [0.25, 0.3) is 10.9 Å². The Morgan fingerprint density at radius 3 is 2.82 bits per heavy atom. The third-order valence-corrected chi connectivity index (χ3v) is 3.96. The molecule has 17 heavy (non-hydrogen) atoms. The maximum atomic E-state index is 11.5. The van der Waals surface area contributed by atoms with Gasteiger partial charge < -0.3 is 0 Å². The van der Waals surface area contributed by atoms with Gasteiger partial charge in [-0.2, -0.15) is 0 Å². The zero-order chi connectivity index (χ0) is 12.5. The average molecular weight is 271 g/mol. The Balaban J connectivity index is 2.60. The number of aromatic nitrogens is 1. The number of rotatable bonds is 3. The smallest absolute Gasteiger partial charge is 0.232 e. The molecule has 0 unspecified atom stereocenters. The molecule has 0 aliphatic carbocycles. The van der Waals surface area contributed by atoms with Crippen LogP contribution in [0.2, 0.25) is 5.02 Å². The monoisotopic (exact) mass is 270 g/mol. The minimum absolute atomic E-state index is 0.0252. The van der Waals surface area contributed by atoms with Crippen molar-refractivity contribution in [2.75, 3.05) is 10.5 Å². The van der Waals surface area contributed by atoms with Crippen LogP contribution in [0.4, 0.5) is 5.69 Å². The molecule has 4 nitrogen and oxygen atoms in total. The van der Waals surface area contributed by atoms with Crippen molar-refractivity contribution >= 4 is 38.2 Å². The number of nitrogens with zero attached hydrogens (tertiary/aromatic N) is 1. The molecule has 1 aromatic carbocycles. The zero-order valence-corrected chi connectivity index (χ0v) is 10.7. The number of anilines is 1. The van der Waals surface area contributed by atoms with E-state index in [1.165, 1.54) is 0 Å². The summed E-state index contributed by atoms with van der Waals surface area (Å²) in [6.45, 7) is 1.58. The highest BCUT2D eigenvalue weighted by Crippen LogP contribution is 2.28. The van der Waals surface area contributed by atoms with Crippen LogP contribution in [0.1, 0.15) is 6.92 Å². The van der Waals surface area contributed by atoms with Gasteiger partial charge in [-0.25, -0.2) is 8.42 Å². The Morgan fingerprint density at radius 1 is 1.35 bits per heavy atom. The lowest BCUT2D eigenvalue weighted by atomic mass is 10.2. The quantitative estimate of drug-likeness (QED) is 0.933. The highest BCUT2D eigenvalue weighted by molar-refractivity contribution is 7.92. The molecule has 1 heterocycles. The van der Waals surface area contributed by atoms with E-state index in [1.807, 2.05) is 0 Å². The van der Waals surface area contributed by atoms with Gasteiger partial charge in [-0.15, -0.1) is 0 Å². The molecule has 0 amide bonds. The molecular weight excluding hydrogens is 260 g/mol. The predicted octanol–water partition coefficient (Wildman–Crippen LogP) is 2.65. The Hall–Kier alpha value is -1.33. The highest BCUT2D eigenvalue weighted by Gasteiger charge is 2.11. The summed E-state index contributed by atoms with van der Waals surface area (Å²) in [6, 6.07) is 6.79. The van der Waals surface area contributed by atoms with Gasteiger partial charge in [0, 0.05) is 11.6 Å². The largest absolute Gasteiger partial charge is 0.283 e. The SMILES string of the molecule is CCS(=O)(=O)Nc1ccc(Cl)c2ncccc12. The van der Waals surface area contributed by atoms with E-state index in [1.54, 1.807) is 37.4 Å². The Labute approximate surface area is 105 Å². The maximum absolute atomic E-state index is 11.5. The van der Waals surface area contributed by atoms with Crippen molar-refractivity contribution in [1.29, 1.82) is 0 Å². The van der Waals surface area contributed by atoms with E-state index in [9.17, 15) is 8.42 Å². The van der Waals surface area contributed by atoms with Crippen molar-refractivity contribution in [3.8, 4) is 0 Å². The topological polar surface area (TPSA) is 59.1 Å². The van der Waals surface area contributed by atoms with Gasteiger partial charge in [0.05, 0.1) is 22.0 Å². The van der Waals surface area contributed by atoms with Gasteiger partial charge in [-0.3, -0.25) is 9.71 Å². The first-order valence-electron chi connectivity index (χ1n) is 5.07. The number of pyridine rings is 1. The number of hydrogen-bond acceptors (Lipinski definition) is 3. The van der Waals surface area contributed by atoms with Crippen LogP contribution in [-0.4, -0.2) is 19.2 Å².